The van der Waals surface area contributed by atoms with E-state index in [0.717, 1.165) is 51.4 Å². The van der Waals surface area contributed by atoms with Crippen molar-refractivity contribution in [3.63, 3.8) is 0 Å². The van der Waals surface area contributed by atoms with Crippen molar-refractivity contribution >= 4 is 11.9 Å². The third-order valence-electron chi connectivity index (χ3n) is 5.60. The molecule has 0 spiro atoms. The molecule has 0 fully saturated rings. The number of carbonyl (C=O) groups is 2. The fraction of sp³-hybridized carbons (Fsp3) is 0.923. The van der Waals surface area contributed by atoms with Crippen molar-refractivity contribution in [3.05, 3.63) is 0 Å². The van der Waals surface area contributed by atoms with Crippen LogP contribution in [-0.2, 0) is 9.59 Å². The Bertz CT molecular complexity index is 351. The maximum Gasteiger partial charge on any atom is 0.303 e. The number of carboxylic acid groups (broad SMARTS) is 2. The summed E-state index contributed by atoms with van der Waals surface area (Å²) in [6, 6.07) is 0. The molecule has 0 aromatic carbocycles. The molecule has 0 unspecified atom stereocenters. The first-order chi connectivity index (χ1) is 15.5. The van der Waals surface area contributed by atoms with Gasteiger partial charge in [0.2, 0.25) is 0 Å². The lowest BCUT2D eigenvalue weighted by atomic mass is 10.1. The van der Waals surface area contributed by atoms with Gasteiger partial charge in [0, 0.05) is 26.1 Å². The van der Waals surface area contributed by atoms with Gasteiger partial charge in [-0.15, -0.1) is 0 Å². The molecule has 6 nitrogen and oxygen atoms in total. The zero-order chi connectivity index (χ0) is 24.1. The normalized spacial score (nSPS) is 10.6. The average molecular weight is 461 g/mol. The Morgan fingerprint density at radius 2 is 0.531 bits per heavy atom. The Labute approximate surface area is 196 Å². The molecule has 0 bridgehead atoms. The molecule has 0 aromatic heterocycles. The molecule has 0 heterocycles. The van der Waals surface area contributed by atoms with E-state index in [0.29, 0.717) is 26.1 Å². The van der Waals surface area contributed by atoms with Gasteiger partial charge in [-0.05, 0) is 25.7 Å². The van der Waals surface area contributed by atoms with E-state index in [9.17, 15) is 9.59 Å². The van der Waals surface area contributed by atoms with E-state index < -0.39 is 11.9 Å². The van der Waals surface area contributed by atoms with Crippen LogP contribution in [0.25, 0.3) is 0 Å². The molecule has 0 saturated carbocycles. The van der Waals surface area contributed by atoms with Gasteiger partial charge in [0.05, 0.1) is 0 Å². The van der Waals surface area contributed by atoms with Gasteiger partial charge >= 0.3 is 11.9 Å². The van der Waals surface area contributed by atoms with Gasteiger partial charge in [-0.25, -0.2) is 0 Å². The molecule has 0 aliphatic rings. The van der Waals surface area contributed by atoms with Crippen molar-refractivity contribution in [1.29, 1.82) is 0 Å². The lowest BCUT2D eigenvalue weighted by molar-refractivity contribution is -0.138. The van der Waals surface area contributed by atoms with Gasteiger partial charge in [-0.2, -0.15) is 0 Å². The number of aliphatic hydroxyl groups excluding tert-OH is 2. The third kappa shape index (κ3) is 36.2. The zero-order valence-corrected chi connectivity index (χ0v) is 20.6. The minimum absolute atomic E-state index is 0.295. The highest BCUT2D eigenvalue weighted by molar-refractivity contribution is 5.66. The molecule has 0 aliphatic carbocycles. The summed E-state index contributed by atoms with van der Waals surface area (Å²) in [4.78, 5) is 20.5. The third-order valence-corrected chi connectivity index (χ3v) is 5.60. The van der Waals surface area contributed by atoms with Gasteiger partial charge in [-0.3, -0.25) is 9.59 Å². The van der Waals surface area contributed by atoms with Crippen LogP contribution in [0.4, 0.5) is 0 Å². The fourth-order valence-corrected chi connectivity index (χ4v) is 3.60. The van der Waals surface area contributed by atoms with E-state index in [1.54, 1.807) is 0 Å². The van der Waals surface area contributed by atoms with Gasteiger partial charge in [0.15, 0.2) is 0 Å². The molecule has 192 valence electrons. The highest BCUT2D eigenvalue weighted by Gasteiger charge is 1.98. The van der Waals surface area contributed by atoms with Gasteiger partial charge in [0.1, 0.15) is 0 Å². The molecule has 0 radical (unpaired) electrons. The predicted molar refractivity (Wildman–Crippen MR) is 131 cm³/mol. The van der Waals surface area contributed by atoms with Crippen molar-refractivity contribution in [2.24, 2.45) is 0 Å². The number of aliphatic hydroxyl groups is 2. The molecular formula is C26H52O6. The number of carboxylic acids is 2. The fourth-order valence-electron chi connectivity index (χ4n) is 3.60. The molecule has 0 amide bonds. The van der Waals surface area contributed by atoms with Crippen LogP contribution in [0.2, 0.25) is 0 Å². The molecule has 0 aromatic rings. The Morgan fingerprint density at radius 1 is 0.344 bits per heavy atom. The average Bonchev–Trinajstić information content (AvgIpc) is 2.76. The van der Waals surface area contributed by atoms with Gasteiger partial charge in [0.25, 0.3) is 0 Å². The smallest absolute Gasteiger partial charge is 0.303 e. The van der Waals surface area contributed by atoms with Crippen molar-refractivity contribution in [2.45, 2.75) is 141 Å². The zero-order valence-electron chi connectivity index (χ0n) is 20.6. The van der Waals surface area contributed by atoms with Crippen LogP contribution in [0.1, 0.15) is 141 Å². The summed E-state index contributed by atoms with van der Waals surface area (Å²) in [6.07, 6.45) is 23.5. The van der Waals surface area contributed by atoms with Crippen molar-refractivity contribution in [3.8, 4) is 0 Å². The van der Waals surface area contributed by atoms with E-state index in [2.05, 4.69) is 0 Å². The summed E-state index contributed by atoms with van der Waals surface area (Å²) in [6.45, 7) is 0.697. The molecular weight excluding hydrogens is 408 g/mol. The van der Waals surface area contributed by atoms with Gasteiger partial charge < -0.3 is 20.4 Å². The van der Waals surface area contributed by atoms with E-state index in [4.69, 9.17) is 20.4 Å². The number of hydrogen-bond donors (Lipinski definition) is 4. The van der Waals surface area contributed by atoms with Crippen LogP contribution in [0.15, 0.2) is 0 Å². The van der Waals surface area contributed by atoms with Crippen LogP contribution in [0.3, 0.4) is 0 Å². The van der Waals surface area contributed by atoms with Gasteiger partial charge in [-0.1, -0.05) is 103 Å². The second-order valence-electron chi connectivity index (χ2n) is 8.81. The molecule has 0 rings (SSSR count). The van der Waals surface area contributed by atoms with Crippen LogP contribution >= 0.6 is 0 Å². The molecule has 0 saturated heterocycles. The molecule has 32 heavy (non-hydrogen) atoms. The van der Waals surface area contributed by atoms with E-state index in [1.807, 2.05) is 0 Å². The summed E-state index contributed by atoms with van der Waals surface area (Å²) < 4.78 is 0. The minimum atomic E-state index is -0.698. The van der Waals surface area contributed by atoms with E-state index >= 15 is 0 Å². The second kappa shape index (κ2) is 29.9. The first kappa shape index (κ1) is 33.0. The maximum atomic E-state index is 10.3. The first-order valence-electron chi connectivity index (χ1n) is 13.2. The molecule has 0 aliphatic heterocycles. The summed E-state index contributed by atoms with van der Waals surface area (Å²) in [7, 11) is 0. The Morgan fingerprint density at radius 3 is 0.719 bits per heavy atom. The highest BCUT2D eigenvalue weighted by Crippen LogP contribution is 2.12. The summed E-state index contributed by atoms with van der Waals surface area (Å²) in [5.74, 6) is -1.40. The van der Waals surface area contributed by atoms with Crippen molar-refractivity contribution in [2.75, 3.05) is 13.2 Å². The van der Waals surface area contributed by atoms with Crippen LogP contribution < -0.4 is 0 Å². The first-order valence-corrected chi connectivity index (χ1v) is 13.2. The van der Waals surface area contributed by atoms with Crippen LogP contribution in [-0.4, -0.2) is 45.6 Å². The van der Waals surface area contributed by atoms with Crippen molar-refractivity contribution < 1.29 is 30.0 Å². The van der Waals surface area contributed by atoms with Crippen LogP contribution in [0, 0.1) is 0 Å². The lowest BCUT2D eigenvalue weighted by Gasteiger charge is -2.01. The summed E-state index contributed by atoms with van der Waals surface area (Å²) in [5.41, 5.74) is 0. The topological polar surface area (TPSA) is 115 Å². The summed E-state index contributed by atoms with van der Waals surface area (Å²) >= 11 is 0. The molecule has 0 atom stereocenters. The van der Waals surface area contributed by atoms with E-state index in [-0.39, 0.29) is 0 Å². The Balaban J connectivity index is 0. The Hall–Kier alpha value is -1.14. The number of aliphatic carboxylic acids is 2. The quantitative estimate of drug-likeness (QED) is 0.119. The molecule has 6 heteroatoms. The number of rotatable bonds is 24. The predicted octanol–water partition coefficient (Wildman–Crippen LogP) is 6.71. The second-order valence-corrected chi connectivity index (χ2v) is 8.81. The minimum Gasteiger partial charge on any atom is -0.481 e. The Kier molecular flexibility index (Phi) is 30.8. The largest absolute Gasteiger partial charge is 0.481 e. The number of unbranched alkanes of at least 4 members (excludes halogenated alkanes) is 18. The molecule has 4 N–H and O–H groups in total. The summed E-state index contributed by atoms with van der Waals surface area (Å²) in [5, 5.41) is 34.0. The van der Waals surface area contributed by atoms with Crippen LogP contribution in [0.5, 0.6) is 0 Å². The SMILES string of the molecule is O=C(O)CCCCCCCCCCCCC(=O)O.OCCCCCCCCCCCCO. The van der Waals surface area contributed by atoms with Crippen molar-refractivity contribution in [1.82, 2.24) is 0 Å². The van der Waals surface area contributed by atoms with E-state index in [1.165, 1.54) is 77.0 Å². The maximum absolute atomic E-state index is 10.3. The number of hydrogen-bond acceptors (Lipinski definition) is 4. The highest BCUT2D eigenvalue weighted by atomic mass is 16.4. The standard InChI is InChI=1S/C14H26O4.C12H26O2/c15-13(16)11-9-7-5-3-1-2-4-6-8-10-12-14(17)18;13-11-9-7-5-3-1-2-4-6-8-10-12-14/h1-12H2,(H,15,16)(H,17,18);13-14H,1-12H2. The lowest BCUT2D eigenvalue weighted by Crippen LogP contribution is -1.93. The monoisotopic (exact) mass is 460 g/mol.